The number of esters is 4. The van der Waals surface area contributed by atoms with Crippen LogP contribution in [0.5, 0.6) is 0 Å². The second-order valence-corrected chi connectivity index (χ2v) is 31.1. The highest BCUT2D eigenvalue weighted by Gasteiger charge is 2.30. The Hall–Kier alpha value is -1.94. The van der Waals surface area contributed by atoms with Gasteiger partial charge < -0.3 is 33.8 Å². The van der Waals surface area contributed by atoms with E-state index in [1.54, 1.807) is 0 Å². The van der Waals surface area contributed by atoms with Crippen LogP contribution in [0.1, 0.15) is 407 Å². The van der Waals surface area contributed by atoms with Crippen molar-refractivity contribution in [1.29, 1.82) is 0 Å². The van der Waals surface area contributed by atoms with Gasteiger partial charge in [0.15, 0.2) is 12.2 Å². The van der Waals surface area contributed by atoms with E-state index >= 15 is 0 Å². The Balaban J connectivity index is 5.24. The van der Waals surface area contributed by atoms with E-state index in [1.165, 1.54) is 231 Å². The van der Waals surface area contributed by atoms with Crippen molar-refractivity contribution in [2.24, 2.45) is 5.92 Å². The van der Waals surface area contributed by atoms with Crippen LogP contribution >= 0.6 is 15.6 Å². The Morgan fingerprint density at radius 3 is 0.708 bits per heavy atom. The maximum absolute atomic E-state index is 13.1. The third-order valence-electron chi connectivity index (χ3n) is 18.0. The van der Waals surface area contributed by atoms with Crippen LogP contribution in [0, 0.1) is 5.92 Å². The molecule has 0 saturated heterocycles. The zero-order valence-corrected chi connectivity index (χ0v) is 64.3. The average molecular weight is 1410 g/mol. The van der Waals surface area contributed by atoms with Crippen LogP contribution in [0.4, 0.5) is 0 Å². The molecule has 0 rings (SSSR count). The molecule has 0 fully saturated rings. The second kappa shape index (κ2) is 70.1. The summed E-state index contributed by atoms with van der Waals surface area (Å²) < 4.78 is 68.6. The normalized spacial score (nSPS) is 13.9. The Bertz CT molecular complexity index is 1840. The molecule has 0 amide bonds. The fourth-order valence-corrected chi connectivity index (χ4v) is 13.5. The summed E-state index contributed by atoms with van der Waals surface area (Å²) in [6.07, 6.45) is 59.4. The first-order valence-corrected chi connectivity index (χ1v) is 43.1. The van der Waals surface area contributed by atoms with E-state index in [0.29, 0.717) is 25.7 Å². The molecule has 17 nitrogen and oxygen atoms in total. The summed E-state index contributed by atoms with van der Waals surface area (Å²) in [5, 5.41) is 10.6. The van der Waals surface area contributed by atoms with Crippen molar-refractivity contribution >= 4 is 39.5 Å². The molecule has 0 heterocycles. The van der Waals surface area contributed by atoms with Gasteiger partial charge in [-0.05, 0) is 31.6 Å². The minimum absolute atomic E-state index is 0.108. The molecule has 5 atom stereocenters. The molecule has 0 aliphatic heterocycles. The Kier molecular flexibility index (Phi) is 68.7. The highest BCUT2D eigenvalue weighted by atomic mass is 31.2. The van der Waals surface area contributed by atoms with Gasteiger partial charge in [-0.15, -0.1) is 0 Å². The van der Waals surface area contributed by atoms with Gasteiger partial charge in [-0.1, -0.05) is 356 Å². The lowest BCUT2D eigenvalue weighted by atomic mass is 10.0. The molecule has 2 unspecified atom stereocenters. The number of hydrogen-bond acceptors (Lipinski definition) is 15. The largest absolute Gasteiger partial charge is 0.472 e. The summed E-state index contributed by atoms with van der Waals surface area (Å²) in [4.78, 5) is 72.9. The van der Waals surface area contributed by atoms with Crippen LogP contribution < -0.4 is 0 Å². The van der Waals surface area contributed by atoms with Crippen molar-refractivity contribution in [3.05, 3.63) is 0 Å². The van der Waals surface area contributed by atoms with Crippen LogP contribution in [0.2, 0.25) is 0 Å². The molecule has 96 heavy (non-hydrogen) atoms. The van der Waals surface area contributed by atoms with Crippen molar-refractivity contribution < 1.29 is 80.2 Å². The van der Waals surface area contributed by atoms with Gasteiger partial charge in [0.2, 0.25) is 0 Å². The number of rotatable bonds is 77. The lowest BCUT2D eigenvalue weighted by Gasteiger charge is -2.21. The van der Waals surface area contributed by atoms with E-state index in [4.69, 9.17) is 37.0 Å². The monoisotopic (exact) mass is 1410 g/mol. The van der Waals surface area contributed by atoms with Gasteiger partial charge in [0.25, 0.3) is 0 Å². The van der Waals surface area contributed by atoms with Crippen molar-refractivity contribution in [3.63, 3.8) is 0 Å². The molecule has 3 N–H and O–H groups in total. The van der Waals surface area contributed by atoms with Crippen molar-refractivity contribution in [3.8, 4) is 0 Å². The van der Waals surface area contributed by atoms with Crippen molar-refractivity contribution in [1.82, 2.24) is 0 Å². The zero-order chi connectivity index (χ0) is 70.5. The number of unbranched alkanes of at least 4 members (excludes halogenated alkanes) is 49. The molecular formula is C77H150O17P2. The Labute approximate surface area is 588 Å². The van der Waals surface area contributed by atoms with Gasteiger partial charge in [-0.25, -0.2) is 9.13 Å². The fourth-order valence-electron chi connectivity index (χ4n) is 11.9. The molecule has 0 saturated carbocycles. The molecule has 0 radical (unpaired) electrons. The third-order valence-corrected chi connectivity index (χ3v) is 19.9. The number of carbonyl (C=O) groups is 4. The highest BCUT2D eigenvalue weighted by Crippen LogP contribution is 2.45. The van der Waals surface area contributed by atoms with Gasteiger partial charge in [0.1, 0.15) is 19.3 Å². The molecule has 0 aromatic heterocycles. The standard InChI is InChI=1S/C77H150O17P2/c1-6-9-12-15-18-21-24-26-32-36-41-46-51-56-61-75(80)88-67-73(94-77(82)63-58-53-48-43-38-33-29-27-28-31-35-39-44-49-54-59-70(4)5)69-92-96(85,86)90-65-71(78)64-89-95(83,84)91-68-72(66-87-74(79)60-55-50-45-40-34-23-20-17-14-11-8-3)93-76(81)62-57-52-47-42-37-30-25-22-19-16-13-10-7-2/h70-73,78H,6-69H2,1-5H3,(H,83,84)(H,85,86)/t71-,72+,73+/m0/s1. The van der Waals surface area contributed by atoms with Gasteiger partial charge in [0, 0.05) is 25.7 Å². The van der Waals surface area contributed by atoms with Gasteiger partial charge in [-0.3, -0.25) is 37.3 Å². The number of aliphatic hydroxyl groups excluding tert-OH is 1. The number of carbonyl (C=O) groups excluding carboxylic acids is 4. The lowest BCUT2D eigenvalue weighted by Crippen LogP contribution is -2.30. The summed E-state index contributed by atoms with van der Waals surface area (Å²) in [5.74, 6) is -1.31. The van der Waals surface area contributed by atoms with Crippen molar-refractivity contribution in [2.75, 3.05) is 39.6 Å². The van der Waals surface area contributed by atoms with E-state index in [2.05, 4.69) is 34.6 Å². The minimum atomic E-state index is -4.96. The maximum Gasteiger partial charge on any atom is 0.472 e. The van der Waals surface area contributed by atoms with E-state index in [9.17, 15) is 43.2 Å². The van der Waals surface area contributed by atoms with Gasteiger partial charge in [0.05, 0.1) is 26.4 Å². The van der Waals surface area contributed by atoms with Crippen LogP contribution in [0.3, 0.4) is 0 Å². The molecule has 0 aromatic carbocycles. The van der Waals surface area contributed by atoms with Crippen LogP contribution in [0.15, 0.2) is 0 Å². The number of phosphoric acid groups is 2. The van der Waals surface area contributed by atoms with Crippen LogP contribution in [-0.2, 0) is 65.4 Å². The minimum Gasteiger partial charge on any atom is -0.462 e. The first-order chi connectivity index (χ1) is 46.5. The smallest absolute Gasteiger partial charge is 0.462 e. The van der Waals surface area contributed by atoms with E-state index < -0.39 is 97.5 Å². The molecule has 0 aliphatic rings. The topological polar surface area (TPSA) is 237 Å². The molecule has 0 spiro atoms. The Morgan fingerprint density at radius 2 is 0.479 bits per heavy atom. The van der Waals surface area contributed by atoms with E-state index in [0.717, 1.165) is 95.8 Å². The molecule has 0 aromatic rings. The number of aliphatic hydroxyl groups is 1. The third kappa shape index (κ3) is 70.5. The summed E-state index contributed by atoms with van der Waals surface area (Å²) in [5.41, 5.74) is 0. The van der Waals surface area contributed by atoms with E-state index in [-0.39, 0.29) is 25.7 Å². The van der Waals surface area contributed by atoms with Crippen LogP contribution in [0.25, 0.3) is 0 Å². The SMILES string of the molecule is CCCCCCCCCCCCCCCCC(=O)OC[C@H](COP(=O)(O)OC[C@@H](O)COP(=O)(O)OC[C@@H](COC(=O)CCCCCCCCCCCCC)OC(=O)CCCCCCCCCCCCCCC)OC(=O)CCCCCCCCCCCCCCCCCC(C)C. The fraction of sp³-hybridized carbons (Fsp3) is 0.948. The molecule has 0 aliphatic carbocycles. The molecular weight excluding hydrogens is 1260 g/mol. The predicted octanol–water partition coefficient (Wildman–Crippen LogP) is 22.9. The molecule has 0 bridgehead atoms. The highest BCUT2D eigenvalue weighted by molar-refractivity contribution is 7.47. The summed E-state index contributed by atoms with van der Waals surface area (Å²) in [7, 11) is -9.91. The molecule has 19 heteroatoms. The average Bonchev–Trinajstić information content (AvgIpc) is 1.92. The summed E-state index contributed by atoms with van der Waals surface area (Å²) >= 11 is 0. The first-order valence-electron chi connectivity index (χ1n) is 40.1. The number of ether oxygens (including phenoxy) is 4. The van der Waals surface area contributed by atoms with Gasteiger partial charge in [-0.2, -0.15) is 0 Å². The lowest BCUT2D eigenvalue weighted by molar-refractivity contribution is -0.161. The second-order valence-electron chi connectivity index (χ2n) is 28.2. The summed E-state index contributed by atoms with van der Waals surface area (Å²) in [6.45, 7) is 7.33. The van der Waals surface area contributed by atoms with E-state index in [1.807, 2.05) is 0 Å². The zero-order valence-electron chi connectivity index (χ0n) is 62.5. The number of hydrogen-bond donors (Lipinski definition) is 3. The van der Waals surface area contributed by atoms with Crippen molar-refractivity contribution in [2.45, 2.75) is 425 Å². The molecule has 570 valence electrons. The number of phosphoric ester groups is 2. The maximum atomic E-state index is 13.1. The quantitative estimate of drug-likeness (QED) is 0.0222. The first kappa shape index (κ1) is 94.1. The predicted molar refractivity (Wildman–Crippen MR) is 391 cm³/mol. The Morgan fingerprint density at radius 1 is 0.281 bits per heavy atom. The summed E-state index contributed by atoms with van der Waals surface area (Å²) in [6, 6.07) is 0. The van der Waals surface area contributed by atoms with Gasteiger partial charge >= 0.3 is 39.5 Å². The van der Waals surface area contributed by atoms with Crippen LogP contribution in [-0.4, -0.2) is 96.7 Å².